The fourth-order valence-corrected chi connectivity index (χ4v) is 3.18. The first-order valence-electron chi connectivity index (χ1n) is 9.42. The van der Waals surface area contributed by atoms with Gasteiger partial charge < -0.3 is 16.2 Å². The highest BCUT2D eigenvalue weighted by atomic mass is 16.5. The molecule has 1 aromatic rings. The molecule has 0 atom stereocenters. The summed E-state index contributed by atoms with van der Waals surface area (Å²) in [5.74, 6) is 0.925. The average molecular weight is 373 g/mol. The van der Waals surface area contributed by atoms with Crippen molar-refractivity contribution in [2.75, 3.05) is 0 Å². The third kappa shape index (κ3) is 4.81. The summed E-state index contributed by atoms with van der Waals surface area (Å²) in [7, 11) is 0. The first kappa shape index (κ1) is 20.8. The second-order valence-corrected chi connectivity index (χ2v) is 8.12. The van der Waals surface area contributed by atoms with Crippen molar-refractivity contribution in [3.05, 3.63) is 35.9 Å². The minimum atomic E-state index is -0.393. The van der Waals surface area contributed by atoms with Crippen LogP contribution in [-0.4, -0.2) is 27.9 Å². The van der Waals surface area contributed by atoms with Crippen molar-refractivity contribution < 1.29 is 9.53 Å². The Hall–Kier alpha value is -2.50. The number of ether oxygens (including phenoxy) is 1. The van der Waals surface area contributed by atoms with Crippen molar-refractivity contribution in [3.63, 3.8) is 0 Å². The molecule has 27 heavy (non-hydrogen) atoms. The molecule has 0 spiro atoms. The van der Waals surface area contributed by atoms with E-state index in [-0.39, 0.29) is 24.0 Å². The Morgan fingerprint density at radius 1 is 1.33 bits per heavy atom. The smallest absolute Gasteiger partial charge is 0.232 e. The van der Waals surface area contributed by atoms with Gasteiger partial charge in [0.2, 0.25) is 5.91 Å². The van der Waals surface area contributed by atoms with E-state index in [1.54, 1.807) is 0 Å². The monoisotopic (exact) mass is 372 g/mol. The molecule has 1 heterocycles. The van der Waals surface area contributed by atoms with Crippen molar-refractivity contribution >= 4 is 17.6 Å². The van der Waals surface area contributed by atoms with Gasteiger partial charge in [-0.15, -0.1) is 0 Å². The molecule has 1 aromatic carbocycles. The van der Waals surface area contributed by atoms with Gasteiger partial charge in [-0.25, -0.2) is 4.99 Å². The summed E-state index contributed by atoms with van der Waals surface area (Å²) >= 11 is 0. The van der Waals surface area contributed by atoms with Crippen LogP contribution >= 0.6 is 0 Å². The van der Waals surface area contributed by atoms with Crippen LogP contribution in [0.3, 0.4) is 0 Å². The predicted molar refractivity (Wildman–Crippen MR) is 110 cm³/mol. The third-order valence-corrected chi connectivity index (χ3v) is 4.90. The molecule has 0 aromatic heterocycles. The summed E-state index contributed by atoms with van der Waals surface area (Å²) < 4.78 is 6.07. The summed E-state index contributed by atoms with van der Waals surface area (Å²) in [6, 6.07) is 5.62. The highest BCUT2D eigenvalue weighted by Gasteiger charge is 2.37. The number of guanidine groups is 1. The van der Waals surface area contributed by atoms with Crippen LogP contribution in [0, 0.1) is 0 Å². The second kappa shape index (κ2) is 7.62. The van der Waals surface area contributed by atoms with Crippen molar-refractivity contribution in [2.45, 2.75) is 71.6 Å². The van der Waals surface area contributed by atoms with Crippen LogP contribution in [0.2, 0.25) is 0 Å². The molecule has 148 valence electrons. The Bertz CT molecular complexity index is 758. The molecular weight excluding hydrogens is 340 g/mol. The van der Waals surface area contributed by atoms with E-state index in [2.05, 4.69) is 11.6 Å². The first-order chi connectivity index (χ1) is 12.5. The molecule has 1 aliphatic rings. The lowest BCUT2D eigenvalue weighted by atomic mass is 9.88. The molecule has 0 saturated heterocycles. The van der Waals surface area contributed by atoms with E-state index in [4.69, 9.17) is 16.2 Å². The lowest BCUT2D eigenvalue weighted by Gasteiger charge is -2.36. The maximum absolute atomic E-state index is 12.8. The molecule has 1 amide bonds. The molecule has 0 aliphatic carbocycles. The molecule has 4 N–H and O–H groups in total. The first-order valence-corrected chi connectivity index (χ1v) is 9.42. The number of hydrogen-bond donors (Lipinski definition) is 2. The van der Waals surface area contributed by atoms with Gasteiger partial charge in [0, 0.05) is 11.3 Å². The van der Waals surface area contributed by atoms with Gasteiger partial charge in [0.25, 0.3) is 0 Å². The molecule has 6 heteroatoms. The number of benzene rings is 1. The highest BCUT2D eigenvalue weighted by molar-refractivity contribution is 5.99. The zero-order valence-corrected chi connectivity index (χ0v) is 17.1. The van der Waals surface area contributed by atoms with Crippen LogP contribution < -0.4 is 16.2 Å². The molecule has 6 nitrogen and oxygen atoms in total. The Balaban J connectivity index is 2.41. The van der Waals surface area contributed by atoms with Crippen LogP contribution in [0.5, 0.6) is 5.75 Å². The van der Waals surface area contributed by atoms with Gasteiger partial charge in [-0.05, 0) is 57.4 Å². The van der Waals surface area contributed by atoms with E-state index < -0.39 is 5.54 Å². The highest BCUT2D eigenvalue weighted by Crippen LogP contribution is 2.32. The normalized spacial score (nSPS) is 16.9. The summed E-state index contributed by atoms with van der Waals surface area (Å²) in [5.41, 5.74) is 13.4. The molecule has 0 unspecified atom stereocenters. The maximum atomic E-state index is 12.8. The van der Waals surface area contributed by atoms with Crippen LogP contribution in [0.1, 0.15) is 65.0 Å². The fourth-order valence-electron chi connectivity index (χ4n) is 3.18. The number of amides is 1. The van der Waals surface area contributed by atoms with E-state index >= 15 is 0 Å². The Morgan fingerprint density at radius 3 is 2.44 bits per heavy atom. The van der Waals surface area contributed by atoms with Gasteiger partial charge in [-0.2, -0.15) is 0 Å². The molecule has 1 aliphatic heterocycles. The SMILES string of the molecule is C=C(N)c1ccc(OC(C)(C)C)c(CN2C(=O)CC(CC)(CC)N=C2N)c1. The minimum Gasteiger partial charge on any atom is -0.488 e. The van der Waals surface area contributed by atoms with E-state index in [0.29, 0.717) is 17.9 Å². The molecule has 0 bridgehead atoms. The molecule has 2 rings (SSSR count). The Kier molecular flexibility index (Phi) is 5.88. The van der Waals surface area contributed by atoms with Crippen LogP contribution in [0.15, 0.2) is 29.8 Å². The van der Waals surface area contributed by atoms with Crippen LogP contribution in [0.4, 0.5) is 0 Å². The lowest BCUT2D eigenvalue weighted by Crippen LogP contribution is -2.50. The topological polar surface area (TPSA) is 93.9 Å². The Morgan fingerprint density at radius 2 is 1.96 bits per heavy atom. The van der Waals surface area contributed by atoms with Crippen LogP contribution in [0.25, 0.3) is 5.70 Å². The molecule has 0 radical (unpaired) electrons. The number of rotatable bonds is 6. The number of nitrogens with zero attached hydrogens (tertiary/aromatic N) is 2. The average Bonchev–Trinajstić information content (AvgIpc) is 2.57. The largest absolute Gasteiger partial charge is 0.488 e. The third-order valence-electron chi connectivity index (χ3n) is 4.90. The molecular formula is C21H32N4O2. The Labute approximate surface area is 162 Å². The number of aliphatic imine (C=N–C) groups is 1. The minimum absolute atomic E-state index is 0.0233. The number of nitrogens with two attached hydrogens (primary N) is 2. The number of carbonyl (C=O) groups excluding carboxylic acids is 1. The van der Waals surface area contributed by atoms with Crippen molar-refractivity contribution in [3.8, 4) is 5.75 Å². The van der Waals surface area contributed by atoms with E-state index in [1.807, 2.05) is 52.8 Å². The van der Waals surface area contributed by atoms with Gasteiger partial charge in [0.15, 0.2) is 5.96 Å². The fraction of sp³-hybridized carbons (Fsp3) is 0.524. The summed E-state index contributed by atoms with van der Waals surface area (Å²) in [4.78, 5) is 19.0. The molecule has 0 fully saturated rings. The molecule has 0 saturated carbocycles. The van der Waals surface area contributed by atoms with E-state index in [9.17, 15) is 4.79 Å². The van der Waals surface area contributed by atoms with E-state index in [1.165, 1.54) is 4.90 Å². The van der Waals surface area contributed by atoms with Crippen molar-refractivity contribution in [1.29, 1.82) is 0 Å². The van der Waals surface area contributed by atoms with Crippen LogP contribution in [-0.2, 0) is 11.3 Å². The zero-order valence-electron chi connectivity index (χ0n) is 17.1. The van der Waals surface area contributed by atoms with Gasteiger partial charge in [0.1, 0.15) is 11.4 Å². The van der Waals surface area contributed by atoms with Gasteiger partial charge in [0.05, 0.1) is 18.5 Å². The van der Waals surface area contributed by atoms with Gasteiger partial charge >= 0.3 is 0 Å². The summed E-state index contributed by atoms with van der Waals surface area (Å²) in [5, 5.41) is 0. The van der Waals surface area contributed by atoms with Crippen molar-refractivity contribution in [1.82, 2.24) is 4.90 Å². The summed E-state index contributed by atoms with van der Waals surface area (Å²) in [6.07, 6.45) is 1.93. The maximum Gasteiger partial charge on any atom is 0.232 e. The standard InChI is InChI=1S/C21H32N4O2/c1-7-21(8-2)12-18(26)25(19(23)24-21)13-16-11-15(14(3)22)9-10-17(16)27-20(4,5)6/h9-11H,3,7-8,12-13,22H2,1-2,4-6H3,(H2,23,24). The van der Waals surface area contributed by atoms with Gasteiger partial charge in [-0.3, -0.25) is 9.69 Å². The van der Waals surface area contributed by atoms with Gasteiger partial charge in [-0.1, -0.05) is 20.4 Å². The number of hydrogen-bond acceptors (Lipinski definition) is 5. The van der Waals surface area contributed by atoms with Crippen molar-refractivity contribution in [2.24, 2.45) is 16.5 Å². The zero-order chi connectivity index (χ0) is 20.4. The quantitative estimate of drug-likeness (QED) is 0.800. The second-order valence-electron chi connectivity index (χ2n) is 8.12. The predicted octanol–water partition coefficient (Wildman–Crippen LogP) is 3.40. The lowest BCUT2D eigenvalue weighted by molar-refractivity contribution is -0.130. The summed E-state index contributed by atoms with van der Waals surface area (Å²) in [6.45, 7) is 14.1. The van der Waals surface area contributed by atoms with E-state index in [0.717, 1.165) is 24.0 Å². The number of carbonyl (C=O) groups is 1.